The number of nitrogens with one attached hydrogen (secondary N) is 2. The van der Waals surface area contributed by atoms with Gasteiger partial charge in [-0.25, -0.2) is 4.79 Å². The second-order valence-electron chi connectivity index (χ2n) is 10.4. The van der Waals surface area contributed by atoms with Crippen LogP contribution in [0.2, 0.25) is 0 Å². The molecular weight excluding hydrogens is 382 g/mol. The van der Waals surface area contributed by atoms with Gasteiger partial charge in [0.05, 0.1) is 0 Å². The van der Waals surface area contributed by atoms with Gasteiger partial charge in [0.25, 0.3) is 0 Å². The molecule has 1 atom stereocenters. The van der Waals surface area contributed by atoms with Crippen LogP contribution in [-0.4, -0.2) is 45.8 Å². The third-order valence-electron chi connectivity index (χ3n) is 5.23. The van der Waals surface area contributed by atoms with Crippen molar-refractivity contribution >= 4 is 12.0 Å². The van der Waals surface area contributed by atoms with Crippen molar-refractivity contribution in [1.29, 1.82) is 0 Å². The summed E-state index contributed by atoms with van der Waals surface area (Å²) in [7, 11) is 0. The third-order valence-corrected chi connectivity index (χ3v) is 5.23. The Morgan fingerprint density at radius 3 is 2.13 bits per heavy atom. The van der Waals surface area contributed by atoms with Gasteiger partial charge in [0.2, 0.25) is 5.91 Å². The van der Waals surface area contributed by atoms with Gasteiger partial charge in [-0.2, -0.15) is 0 Å². The standard InChI is InChI=1S/C23H36N3O4/c1-21(2,3)30-20(28)25-18(13-16-11-9-8-10-12-16)19(27)24-17-14-22(4,5)26(29)23(6,7)15-17/h8-12,17-18H,13-15H2,1-7H3,(H,24,27)(H,25,28)/t18-/m0/s1. The Hall–Kier alpha value is -2.12. The molecule has 1 aliphatic heterocycles. The highest BCUT2D eigenvalue weighted by atomic mass is 16.6. The van der Waals surface area contributed by atoms with Crippen molar-refractivity contribution in [2.24, 2.45) is 0 Å². The molecule has 2 rings (SSSR count). The van der Waals surface area contributed by atoms with Gasteiger partial charge in [0.15, 0.2) is 0 Å². The molecule has 1 fully saturated rings. The first-order chi connectivity index (χ1) is 13.7. The predicted molar refractivity (Wildman–Crippen MR) is 115 cm³/mol. The van der Waals surface area contributed by atoms with E-state index < -0.39 is 28.8 Å². The number of carbonyl (C=O) groups excluding carboxylic acids is 2. The molecule has 167 valence electrons. The van der Waals surface area contributed by atoms with Crippen molar-refractivity contribution in [2.75, 3.05) is 0 Å². The Morgan fingerprint density at radius 2 is 1.63 bits per heavy atom. The molecule has 1 radical (unpaired) electrons. The fraction of sp³-hybridized carbons (Fsp3) is 0.652. The number of carbonyl (C=O) groups is 2. The Labute approximate surface area is 180 Å². The third kappa shape index (κ3) is 6.71. The Balaban J connectivity index is 2.14. The molecule has 0 bridgehead atoms. The summed E-state index contributed by atoms with van der Waals surface area (Å²) in [4.78, 5) is 25.5. The van der Waals surface area contributed by atoms with Gasteiger partial charge in [0.1, 0.15) is 11.6 Å². The van der Waals surface area contributed by atoms with Crippen LogP contribution < -0.4 is 10.6 Å². The summed E-state index contributed by atoms with van der Waals surface area (Å²) in [6.45, 7) is 12.9. The van der Waals surface area contributed by atoms with Crippen LogP contribution in [0.25, 0.3) is 0 Å². The zero-order valence-electron chi connectivity index (χ0n) is 19.2. The fourth-order valence-corrected chi connectivity index (χ4v) is 4.18. The van der Waals surface area contributed by atoms with E-state index in [2.05, 4.69) is 10.6 Å². The largest absolute Gasteiger partial charge is 0.444 e. The highest BCUT2D eigenvalue weighted by Crippen LogP contribution is 2.37. The summed E-state index contributed by atoms with van der Waals surface area (Å²) >= 11 is 0. The number of hydroxylamine groups is 2. The van der Waals surface area contributed by atoms with Gasteiger partial charge < -0.3 is 15.4 Å². The van der Waals surface area contributed by atoms with Crippen LogP contribution in [0.1, 0.15) is 66.9 Å². The van der Waals surface area contributed by atoms with Crippen LogP contribution in [0, 0.1) is 0 Å². The fourth-order valence-electron chi connectivity index (χ4n) is 4.18. The van der Waals surface area contributed by atoms with E-state index in [1.54, 1.807) is 20.8 Å². The summed E-state index contributed by atoms with van der Waals surface area (Å²) in [6, 6.07) is 8.59. The van der Waals surface area contributed by atoms with E-state index in [0.29, 0.717) is 19.3 Å². The number of nitrogens with zero attached hydrogens (tertiary/aromatic N) is 1. The van der Waals surface area contributed by atoms with Crippen molar-refractivity contribution in [2.45, 2.75) is 96.5 Å². The number of benzene rings is 1. The smallest absolute Gasteiger partial charge is 0.408 e. The Morgan fingerprint density at radius 1 is 1.10 bits per heavy atom. The van der Waals surface area contributed by atoms with Gasteiger partial charge in [-0.05, 0) is 66.9 Å². The summed E-state index contributed by atoms with van der Waals surface area (Å²) in [5.74, 6) is -0.277. The molecule has 30 heavy (non-hydrogen) atoms. The number of ether oxygens (including phenoxy) is 1. The topological polar surface area (TPSA) is 90.6 Å². The molecule has 1 saturated heterocycles. The lowest BCUT2D eigenvalue weighted by Gasteiger charge is -2.50. The van der Waals surface area contributed by atoms with E-state index in [9.17, 15) is 14.8 Å². The molecule has 1 aromatic carbocycles. The van der Waals surface area contributed by atoms with Crippen molar-refractivity contribution in [1.82, 2.24) is 15.7 Å². The number of hydrogen-bond donors (Lipinski definition) is 2. The number of alkyl carbamates (subject to hydrolysis) is 1. The molecule has 7 nitrogen and oxygen atoms in total. The predicted octanol–water partition coefficient (Wildman–Crippen LogP) is 3.61. The van der Waals surface area contributed by atoms with Crippen molar-refractivity contribution < 1.29 is 19.5 Å². The maximum atomic E-state index is 13.1. The molecule has 1 aromatic rings. The number of amides is 2. The van der Waals surface area contributed by atoms with E-state index in [0.717, 1.165) is 10.6 Å². The van der Waals surface area contributed by atoms with E-state index in [4.69, 9.17) is 4.74 Å². The molecular formula is C23H36N3O4. The zero-order valence-corrected chi connectivity index (χ0v) is 19.2. The molecule has 1 aliphatic rings. The Bertz CT molecular complexity index is 723. The SMILES string of the molecule is CC(C)(C)OC(=O)N[C@@H](Cc1ccccc1)C(=O)NC1CC(C)(C)N([O])C(C)(C)C1. The molecule has 2 amide bonds. The molecule has 0 unspecified atom stereocenters. The second-order valence-corrected chi connectivity index (χ2v) is 10.4. The average molecular weight is 419 g/mol. The monoisotopic (exact) mass is 418 g/mol. The number of piperidine rings is 1. The van der Waals surface area contributed by atoms with Crippen LogP contribution in [-0.2, 0) is 21.2 Å². The zero-order chi connectivity index (χ0) is 22.7. The Kier molecular flexibility index (Phi) is 7.20. The van der Waals surface area contributed by atoms with Crippen LogP contribution in [0.3, 0.4) is 0 Å². The first-order valence-electron chi connectivity index (χ1n) is 10.5. The molecule has 1 heterocycles. The molecule has 0 spiro atoms. The van der Waals surface area contributed by atoms with Crippen molar-refractivity contribution in [3.8, 4) is 0 Å². The summed E-state index contributed by atoms with van der Waals surface area (Å²) in [5.41, 5.74) is -0.906. The maximum absolute atomic E-state index is 13.1. The van der Waals surface area contributed by atoms with Gasteiger partial charge in [-0.15, -0.1) is 10.3 Å². The second kappa shape index (κ2) is 8.94. The minimum Gasteiger partial charge on any atom is -0.444 e. The van der Waals surface area contributed by atoms with E-state index in [1.807, 2.05) is 58.0 Å². The van der Waals surface area contributed by atoms with Crippen LogP contribution in [0.5, 0.6) is 0 Å². The van der Waals surface area contributed by atoms with E-state index in [1.165, 1.54) is 0 Å². The number of rotatable bonds is 5. The summed E-state index contributed by atoms with van der Waals surface area (Å²) < 4.78 is 5.35. The van der Waals surface area contributed by atoms with E-state index in [-0.39, 0.29) is 11.9 Å². The van der Waals surface area contributed by atoms with Crippen molar-refractivity contribution in [3.05, 3.63) is 35.9 Å². The quantitative estimate of drug-likeness (QED) is 0.764. The number of hydrogen-bond acceptors (Lipinski definition) is 4. The minimum absolute atomic E-state index is 0.161. The molecule has 0 aromatic heterocycles. The van der Waals surface area contributed by atoms with Gasteiger partial charge >= 0.3 is 6.09 Å². The first kappa shape index (κ1) is 24.2. The van der Waals surface area contributed by atoms with Crippen molar-refractivity contribution in [3.63, 3.8) is 0 Å². The lowest BCUT2D eigenvalue weighted by Crippen LogP contribution is -2.63. The van der Waals surface area contributed by atoms with Gasteiger partial charge in [-0.3, -0.25) is 4.79 Å². The van der Waals surface area contributed by atoms with Gasteiger partial charge in [-0.1, -0.05) is 30.3 Å². The summed E-state index contributed by atoms with van der Waals surface area (Å²) in [6.07, 6.45) is 0.791. The van der Waals surface area contributed by atoms with Crippen LogP contribution >= 0.6 is 0 Å². The average Bonchev–Trinajstić information content (AvgIpc) is 2.57. The molecule has 7 heteroatoms. The highest BCUT2D eigenvalue weighted by Gasteiger charge is 2.46. The molecule has 0 aliphatic carbocycles. The summed E-state index contributed by atoms with van der Waals surface area (Å²) in [5, 5.41) is 19.5. The van der Waals surface area contributed by atoms with Gasteiger partial charge in [0, 0.05) is 23.5 Å². The lowest BCUT2D eigenvalue weighted by atomic mass is 9.79. The highest BCUT2D eigenvalue weighted by molar-refractivity contribution is 5.86. The van der Waals surface area contributed by atoms with Crippen LogP contribution in [0.15, 0.2) is 30.3 Å². The molecule has 2 N–H and O–H groups in total. The van der Waals surface area contributed by atoms with E-state index >= 15 is 0 Å². The van der Waals surface area contributed by atoms with Crippen LogP contribution in [0.4, 0.5) is 4.79 Å². The first-order valence-corrected chi connectivity index (χ1v) is 10.5. The lowest BCUT2D eigenvalue weighted by molar-refractivity contribution is -0.290. The normalized spacial score (nSPS) is 20.3. The maximum Gasteiger partial charge on any atom is 0.408 e. The minimum atomic E-state index is -0.779. The molecule has 0 saturated carbocycles.